The molecule has 10 rings (SSSR count). The lowest BCUT2D eigenvalue weighted by molar-refractivity contribution is 0.0940. The van der Waals surface area contributed by atoms with E-state index in [1.165, 1.54) is 42.6 Å². The summed E-state index contributed by atoms with van der Waals surface area (Å²) >= 11 is 0. The molecular formula is C50H41F2N9O7S2. The number of morpholine rings is 1. The fraction of sp³-hybridized carbons (Fsp3) is 0.120. The van der Waals surface area contributed by atoms with Crippen LogP contribution in [0.1, 0.15) is 32.0 Å². The Labute approximate surface area is 399 Å². The molecule has 20 heteroatoms. The van der Waals surface area contributed by atoms with Gasteiger partial charge in [0.15, 0.2) is 16.7 Å². The molecule has 9 aromatic rings. The molecule has 7 heterocycles. The Morgan fingerprint density at radius 1 is 0.686 bits per heavy atom. The number of carbonyl (C=O) groups is 2. The van der Waals surface area contributed by atoms with E-state index in [9.17, 15) is 35.2 Å². The van der Waals surface area contributed by atoms with E-state index in [1.807, 2.05) is 0 Å². The van der Waals surface area contributed by atoms with Crippen molar-refractivity contribution in [3.05, 3.63) is 193 Å². The van der Waals surface area contributed by atoms with Crippen molar-refractivity contribution in [1.82, 2.24) is 40.0 Å². The Morgan fingerprint density at radius 3 is 2.07 bits per heavy atom. The molecule has 6 aromatic heterocycles. The molecule has 70 heavy (non-hydrogen) atoms. The van der Waals surface area contributed by atoms with Gasteiger partial charge in [0.2, 0.25) is 19.7 Å². The van der Waals surface area contributed by atoms with Crippen LogP contribution < -0.4 is 15.5 Å². The van der Waals surface area contributed by atoms with Crippen molar-refractivity contribution in [2.75, 3.05) is 31.2 Å². The molecular weight excluding hydrogens is 941 g/mol. The number of imidazole rings is 1. The molecule has 0 unspecified atom stereocenters. The quantitative estimate of drug-likeness (QED) is 0.113. The summed E-state index contributed by atoms with van der Waals surface area (Å²) in [5, 5.41) is 6.28. The second kappa shape index (κ2) is 20.2. The molecule has 0 radical (unpaired) electrons. The van der Waals surface area contributed by atoms with Crippen molar-refractivity contribution in [3.8, 4) is 11.3 Å². The molecule has 1 aliphatic rings. The summed E-state index contributed by atoms with van der Waals surface area (Å²) in [5.41, 5.74) is 4.41. The number of hydrogen-bond acceptors (Lipinski definition) is 12. The summed E-state index contributed by atoms with van der Waals surface area (Å²) in [4.78, 5) is 47.1. The Morgan fingerprint density at radius 2 is 1.39 bits per heavy atom. The number of fused-ring (bicyclic) bond motifs is 2. The van der Waals surface area contributed by atoms with Crippen LogP contribution in [0.3, 0.4) is 0 Å². The third-order valence-electron chi connectivity index (χ3n) is 11.3. The number of benzene rings is 3. The highest BCUT2D eigenvalue weighted by molar-refractivity contribution is 7.91. The lowest BCUT2D eigenvalue weighted by Gasteiger charge is -2.27. The minimum atomic E-state index is -3.97. The highest BCUT2D eigenvalue weighted by Gasteiger charge is 2.22. The Hall–Kier alpha value is -8.20. The van der Waals surface area contributed by atoms with Crippen LogP contribution in [0.2, 0.25) is 0 Å². The van der Waals surface area contributed by atoms with E-state index in [2.05, 4.69) is 40.5 Å². The van der Waals surface area contributed by atoms with Crippen molar-refractivity contribution in [3.63, 3.8) is 0 Å². The number of aromatic amines is 1. The third kappa shape index (κ3) is 10.4. The van der Waals surface area contributed by atoms with Crippen LogP contribution >= 0.6 is 0 Å². The van der Waals surface area contributed by atoms with Crippen LogP contribution in [0.4, 0.5) is 14.6 Å². The van der Waals surface area contributed by atoms with Crippen molar-refractivity contribution in [1.29, 1.82) is 0 Å². The van der Waals surface area contributed by atoms with Crippen molar-refractivity contribution < 1.29 is 39.9 Å². The van der Waals surface area contributed by atoms with E-state index >= 15 is 0 Å². The number of H-pyrrole nitrogens is 1. The lowest BCUT2D eigenvalue weighted by Crippen LogP contribution is -2.36. The number of pyridine rings is 4. The smallest absolute Gasteiger partial charge is 0.267 e. The second-order valence-electron chi connectivity index (χ2n) is 15.9. The summed E-state index contributed by atoms with van der Waals surface area (Å²) in [6.45, 7) is 3.19. The first kappa shape index (κ1) is 46.9. The van der Waals surface area contributed by atoms with Gasteiger partial charge in [0.25, 0.3) is 11.8 Å². The van der Waals surface area contributed by atoms with E-state index in [0.29, 0.717) is 30.0 Å². The van der Waals surface area contributed by atoms with Gasteiger partial charge in [0.1, 0.15) is 17.2 Å². The Balaban J connectivity index is 0.000000174. The van der Waals surface area contributed by atoms with E-state index < -0.39 is 31.3 Å². The highest BCUT2D eigenvalue weighted by Crippen LogP contribution is 2.26. The van der Waals surface area contributed by atoms with Gasteiger partial charge in [-0.25, -0.2) is 40.6 Å². The predicted octanol–water partition coefficient (Wildman–Crippen LogP) is 6.99. The number of nitrogens with zero attached hydrogens (tertiary/aromatic N) is 6. The van der Waals surface area contributed by atoms with Crippen LogP contribution in [0.15, 0.2) is 178 Å². The highest BCUT2D eigenvalue weighted by atomic mass is 32.2. The zero-order valence-corrected chi connectivity index (χ0v) is 38.5. The summed E-state index contributed by atoms with van der Waals surface area (Å²) in [5.74, 6) is -1.84. The zero-order valence-electron chi connectivity index (χ0n) is 36.9. The van der Waals surface area contributed by atoms with Crippen molar-refractivity contribution >= 4 is 53.9 Å². The maximum atomic E-state index is 13.6. The van der Waals surface area contributed by atoms with Gasteiger partial charge in [-0.05, 0) is 102 Å². The Bertz CT molecular complexity index is 3550. The van der Waals surface area contributed by atoms with Gasteiger partial charge in [-0.2, -0.15) is 0 Å². The monoisotopic (exact) mass is 981 g/mol. The van der Waals surface area contributed by atoms with E-state index in [1.54, 1.807) is 108 Å². The van der Waals surface area contributed by atoms with Gasteiger partial charge in [-0.3, -0.25) is 14.6 Å². The zero-order chi connectivity index (χ0) is 48.8. The Kier molecular flexibility index (Phi) is 13.5. The van der Waals surface area contributed by atoms with Gasteiger partial charge >= 0.3 is 0 Å². The molecule has 1 aliphatic heterocycles. The number of rotatable bonds is 12. The summed E-state index contributed by atoms with van der Waals surface area (Å²) in [6.07, 6.45) is 9.80. The molecule has 1 fully saturated rings. The lowest BCUT2D eigenvalue weighted by atomic mass is 10.1. The third-order valence-corrected chi connectivity index (χ3v) is 14.7. The second-order valence-corrected chi connectivity index (χ2v) is 19.7. The van der Waals surface area contributed by atoms with Crippen LogP contribution in [0, 0.1) is 11.6 Å². The van der Waals surface area contributed by atoms with E-state index in [4.69, 9.17) is 4.74 Å². The number of ether oxygens (including phenoxy) is 1. The molecule has 2 amide bonds. The average molecular weight is 982 g/mol. The number of hydrogen-bond donors (Lipinski definition) is 3. The maximum Gasteiger partial charge on any atom is 0.267 e. The number of nitrogens with one attached hydrogen (secondary N) is 3. The molecule has 0 aliphatic carbocycles. The minimum Gasteiger partial charge on any atom is -0.378 e. The average Bonchev–Trinajstić information content (AvgIpc) is 4.07. The number of sulfone groups is 2. The fourth-order valence-electron chi connectivity index (χ4n) is 7.43. The molecule has 354 valence electrons. The van der Waals surface area contributed by atoms with Crippen LogP contribution in [0.25, 0.3) is 27.8 Å². The van der Waals surface area contributed by atoms with E-state index in [0.717, 1.165) is 53.2 Å². The van der Waals surface area contributed by atoms with Gasteiger partial charge in [-0.15, -0.1) is 0 Å². The summed E-state index contributed by atoms with van der Waals surface area (Å²) in [6, 6.07) is 30.4. The van der Waals surface area contributed by atoms with Gasteiger partial charge in [0.05, 0.1) is 39.2 Å². The molecule has 1 saturated heterocycles. The number of amides is 2. The van der Waals surface area contributed by atoms with E-state index in [-0.39, 0.29) is 55.9 Å². The van der Waals surface area contributed by atoms with Crippen LogP contribution in [-0.4, -0.2) is 84.3 Å². The van der Waals surface area contributed by atoms with Gasteiger partial charge in [-0.1, -0.05) is 30.3 Å². The molecule has 3 N–H and O–H groups in total. The van der Waals surface area contributed by atoms with Gasteiger partial charge in [0, 0.05) is 79.8 Å². The SMILES string of the molecule is O=C(NCc1ccc(S(=O)(=O)c2ccc(N3CCOCC3)nc2)cc1)c1cc2cnccc2[nH]1.O=C(NCc1ccc(S(=O)(=O)c2cccc(-c3ccc(F)c(F)c3)n2)cc1)c1ccc2nccn2c1. The maximum absolute atomic E-state index is 13.6. The van der Waals surface area contributed by atoms with Crippen LogP contribution in [-0.2, 0) is 37.5 Å². The number of anilines is 1. The molecule has 0 atom stereocenters. The van der Waals surface area contributed by atoms with Crippen molar-refractivity contribution in [2.45, 2.75) is 32.8 Å². The topological polar surface area (TPSA) is 211 Å². The number of halogens is 2. The fourth-order valence-corrected chi connectivity index (χ4v) is 9.85. The minimum absolute atomic E-state index is 0.0121. The largest absolute Gasteiger partial charge is 0.378 e. The molecule has 0 spiro atoms. The molecule has 0 bridgehead atoms. The first-order chi connectivity index (χ1) is 33.8. The molecule has 16 nitrogen and oxygen atoms in total. The summed E-state index contributed by atoms with van der Waals surface area (Å²) in [7, 11) is -7.67. The van der Waals surface area contributed by atoms with Crippen molar-refractivity contribution in [2.24, 2.45) is 0 Å². The summed E-state index contributed by atoms with van der Waals surface area (Å²) < 4.78 is 86.2. The molecule has 0 saturated carbocycles. The predicted molar refractivity (Wildman–Crippen MR) is 254 cm³/mol. The standard InChI is InChI=1S/C26H18F2N4O3S.C24H23N5O4S/c27-21-10-6-18(14-22(21)28)23-2-1-3-25(31-23)36(34,35)20-8-4-17(5-9-20)15-30-26(33)19-7-11-24-29-12-13-32(24)16-19;30-24(22-13-18-15-25-8-7-21(18)28-22)27-14-17-1-3-19(4-2-17)34(31,32)20-5-6-23(26-16-20)29-9-11-33-12-10-29/h1-14,16H,15H2,(H,30,33);1-8,13,15-16,28H,9-12,14H2,(H,27,30). The normalized spacial score (nSPS) is 12.9. The first-order valence-electron chi connectivity index (χ1n) is 21.6. The number of carbonyl (C=O) groups excluding carboxylic acids is 2. The van der Waals surface area contributed by atoms with Crippen LogP contribution in [0.5, 0.6) is 0 Å². The number of aromatic nitrogens is 6. The first-order valence-corrected chi connectivity index (χ1v) is 24.6. The molecule has 3 aromatic carbocycles. The van der Waals surface area contributed by atoms with Gasteiger partial charge < -0.3 is 29.7 Å².